The molecule has 0 bridgehead atoms. The van der Waals surface area contributed by atoms with Crippen molar-refractivity contribution < 1.29 is 29.0 Å². The molecule has 0 aliphatic heterocycles. The lowest BCUT2D eigenvalue weighted by atomic mass is 9.63. The second kappa shape index (κ2) is 7.97. The molecule has 1 saturated carbocycles. The molecular weight excluding hydrogens is 412 g/mol. The van der Waals surface area contributed by atoms with Gasteiger partial charge in [0.25, 0.3) is 0 Å². The number of carbonyl (C=O) groups excluding carboxylic acids is 3. The molecule has 1 N–H and O–H groups in total. The summed E-state index contributed by atoms with van der Waals surface area (Å²) in [7, 11) is 0. The molecule has 8 heteroatoms. The van der Waals surface area contributed by atoms with Crippen LogP contribution in [-0.4, -0.2) is 41.6 Å². The number of aliphatic hydroxyl groups is 1. The molecule has 0 aromatic carbocycles. The maximum absolute atomic E-state index is 12.6. The first-order valence-electron chi connectivity index (χ1n) is 8.06. The van der Waals surface area contributed by atoms with Gasteiger partial charge >= 0.3 is 11.9 Å². The maximum atomic E-state index is 12.6. The minimum Gasteiger partial charge on any atom is -0.466 e. The molecule has 4 atom stereocenters. The zero-order valence-corrected chi connectivity index (χ0v) is 16.7. The third-order valence-corrected chi connectivity index (χ3v) is 6.00. The van der Waals surface area contributed by atoms with Gasteiger partial charge in [-0.3, -0.25) is 14.4 Å². The third kappa shape index (κ3) is 4.12. The number of hydrogen-bond acceptors (Lipinski definition) is 7. The van der Waals surface area contributed by atoms with Gasteiger partial charge in [0.2, 0.25) is 0 Å². The molecule has 1 aliphatic rings. The molecular formula is C17H21BrO6S. The van der Waals surface area contributed by atoms with E-state index in [-0.39, 0.29) is 19.6 Å². The molecule has 2 rings (SSSR count). The van der Waals surface area contributed by atoms with Gasteiger partial charge < -0.3 is 14.6 Å². The Labute approximate surface area is 158 Å². The van der Waals surface area contributed by atoms with Crippen LogP contribution in [0.1, 0.15) is 38.0 Å². The van der Waals surface area contributed by atoms with Gasteiger partial charge in [-0.1, -0.05) is 0 Å². The molecule has 138 valence electrons. The minimum absolute atomic E-state index is 0.129. The van der Waals surface area contributed by atoms with Crippen LogP contribution >= 0.6 is 27.3 Å². The fourth-order valence-corrected chi connectivity index (χ4v) is 4.93. The zero-order chi connectivity index (χ0) is 18.8. The second-order valence-corrected chi connectivity index (χ2v) is 8.62. The van der Waals surface area contributed by atoms with Gasteiger partial charge in [-0.25, -0.2) is 0 Å². The van der Waals surface area contributed by atoms with E-state index in [1.807, 2.05) is 0 Å². The van der Waals surface area contributed by atoms with Crippen molar-refractivity contribution in [1.29, 1.82) is 0 Å². The van der Waals surface area contributed by atoms with Gasteiger partial charge in [-0.2, -0.15) is 0 Å². The zero-order valence-electron chi connectivity index (χ0n) is 14.3. The number of ether oxygens (including phenoxy) is 2. The van der Waals surface area contributed by atoms with Gasteiger partial charge in [0.1, 0.15) is 5.92 Å². The molecule has 25 heavy (non-hydrogen) atoms. The molecule has 1 aromatic rings. The number of halogens is 1. The van der Waals surface area contributed by atoms with Crippen LogP contribution in [0.15, 0.2) is 15.9 Å². The van der Waals surface area contributed by atoms with E-state index in [2.05, 4.69) is 15.9 Å². The molecule has 0 saturated heterocycles. The van der Waals surface area contributed by atoms with Gasteiger partial charge in [0.15, 0.2) is 5.78 Å². The SMILES string of the molecule is CCOC(=O)[C@@H]1C(=O)C[C@](C)(O)[C@@H](C(=O)OCC)[C@@H]1c1ccc(Br)s1. The molecule has 0 unspecified atom stereocenters. The highest BCUT2D eigenvalue weighted by molar-refractivity contribution is 9.11. The maximum Gasteiger partial charge on any atom is 0.317 e. The van der Waals surface area contributed by atoms with Crippen LogP contribution in [0.2, 0.25) is 0 Å². The number of thiophene rings is 1. The summed E-state index contributed by atoms with van der Waals surface area (Å²) in [6.45, 7) is 5.03. The fourth-order valence-electron chi connectivity index (χ4n) is 3.33. The van der Waals surface area contributed by atoms with Gasteiger partial charge in [0.05, 0.1) is 28.5 Å². The normalized spacial score (nSPS) is 29.3. The van der Waals surface area contributed by atoms with Gasteiger partial charge in [0, 0.05) is 17.2 Å². The van der Waals surface area contributed by atoms with Crippen molar-refractivity contribution in [3.63, 3.8) is 0 Å². The lowest BCUT2D eigenvalue weighted by molar-refractivity contribution is -0.172. The topological polar surface area (TPSA) is 89.9 Å². The molecule has 1 heterocycles. The van der Waals surface area contributed by atoms with Crippen LogP contribution in [0, 0.1) is 11.8 Å². The highest BCUT2D eigenvalue weighted by Gasteiger charge is 2.57. The first kappa shape index (κ1) is 20.1. The van der Waals surface area contributed by atoms with E-state index in [0.29, 0.717) is 4.88 Å². The van der Waals surface area contributed by atoms with E-state index < -0.39 is 41.1 Å². The van der Waals surface area contributed by atoms with Crippen LogP contribution in [-0.2, 0) is 23.9 Å². The molecule has 0 spiro atoms. The Morgan fingerprint density at radius 1 is 1.28 bits per heavy atom. The van der Waals surface area contributed by atoms with Crippen molar-refractivity contribution in [2.24, 2.45) is 11.8 Å². The van der Waals surface area contributed by atoms with Crippen molar-refractivity contribution in [1.82, 2.24) is 0 Å². The van der Waals surface area contributed by atoms with E-state index in [1.165, 1.54) is 18.3 Å². The van der Waals surface area contributed by atoms with Crippen LogP contribution in [0.25, 0.3) is 0 Å². The van der Waals surface area contributed by atoms with Crippen LogP contribution in [0.4, 0.5) is 0 Å². The van der Waals surface area contributed by atoms with E-state index in [4.69, 9.17) is 9.47 Å². The Morgan fingerprint density at radius 2 is 1.88 bits per heavy atom. The first-order valence-corrected chi connectivity index (χ1v) is 9.67. The van der Waals surface area contributed by atoms with Crippen molar-refractivity contribution in [2.75, 3.05) is 13.2 Å². The summed E-state index contributed by atoms with van der Waals surface area (Å²) < 4.78 is 11.0. The molecule has 1 aliphatic carbocycles. The van der Waals surface area contributed by atoms with Crippen molar-refractivity contribution in [3.05, 3.63) is 20.8 Å². The monoisotopic (exact) mass is 432 g/mol. The number of rotatable bonds is 5. The first-order chi connectivity index (χ1) is 11.7. The smallest absolute Gasteiger partial charge is 0.317 e. The quantitative estimate of drug-likeness (QED) is 0.568. The standard InChI is InChI=1S/C17H21BrO6S/c1-4-23-15(20)12-9(19)8-17(3,22)14(16(21)24-5-2)13(12)10-6-7-11(18)25-10/h6-7,12-14,22H,4-5,8H2,1-3H3/t12-,13-,14-,17+/m1/s1. The highest BCUT2D eigenvalue weighted by Crippen LogP contribution is 2.48. The largest absolute Gasteiger partial charge is 0.466 e. The lowest BCUT2D eigenvalue weighted by Crippen LogP contribution is -2.55. The molecule has 6 nitrogen and oxygen atoms in total. The number of carbonyl (C=O) groups is 3. The highest BCUT2D eigenvalue weighted by atomic mass is 79.9. The van der Waals surface area contributed by atoms with Crippen molar-refractivity contribution in [3.8, 4) is 0 Å². The molecule has 1 aromatic heterocycles. The summed E-state index contributed by atoms with van der Waals surface area (Å²) in [5.74, 6) is -4.73. The summed E-state index contributed by atoms with van der Waals surface area (Å²) in [5.41, 5.74) is -1.60. The Hall–Kier alpha value is -1.25. The lowest BCUT2D eigenvalue weighted by Gasteiger charge is -2.43. The minimum atomic E-state index is -1.60. The third-order valence-electron chi connectivity index (χ3n) is 4.27. The average molecular weight is 433 g/mol. The van der Waals surface area contributed by atoms with Crippen LogP contribution in [0.3, 0.4) is 0 Å². The van der Waals surface area contributed by atoms with Crippen LogP contribution < -0.4 is 0 Å². The number of esters is 2. The predicted molar refractivity (Wildman–Crippen MR) is 95.3 cm³/mol. The molecule has 0 radical (unpaired) electrons. The number of Topliss-reactive ketones (excluding diaryl/α,β-unsaturated/α-hetero) is 1. The van der Waals surface area contributed by atoms with E-state index in [9.17, 15) is 19.5 Å². The van der Waals surface area contributed by atoms with Crippen molar-refractivity contribution >= 4 is 45.0 Å². The van der Waals surface area contributed by atoms with Gasteiger partial charge in [-0.15, -0.1) is 11.3 Å². The summed E-state index contributed by atoms with van der Waals surface area (Å²) >= 11 is 4.67. The average Bonchev–Trinajstić information content (AvgIpc) is 2.92. The van der Waals surface area contributed by atoms with E-state index in [1.54, 1.807) is 26.0 Å². The molecule has 0 amide bonds. The van der Waals surface area contributed by atoms with Crippen LogP contribution in [0.5, 0.6) is 0 Å². The summed E-state index contributed by atoms with van der Waals surface area (Å²) in [6.07, 6.45) is -0.303. The Balaban J connectivity index is 2.56. The summed E-state index contributed by atoms with van der Waals surface area (Å²) in [5, 5.41) is 10.8. The van der Waals surface area contributed by atoms with E-state index in [0.717, 1.165) is 3.79 Å². The fraction of sp³-hybridized carbons (Fsp3) is 0.588. The molecule has 1 fully saturated rings. The number of ketones is 1. The Kier molecular flexibility index (Phi) is 6.40. The predicted octanol–water partition coefficient (Wildman–Crippen LogP) is 2.68. The van der Waals surface area contributed by atoms with Gasteiger partial charge in [-0.05, 0) is 48.8 Å². The Morgan fingerprint density at radius 3 is 2.40 bits per heavy atom. The second-order valence-electron chi connectivity index (χ2n) is 6.13. The Bertz CT molecular complexity index is 668. The van der Waals surface area contributed by atoms with E-state index >= 15 is 0 Å². The summed E-state index contributed by atoms with van der Waals surface area (Å²) in [4.78, 5) is 38.3. The number of hydrogen-bond donors (Lipinski definition) is 1. The summed E-state index contributed by atoms with van der Waals surface area (Å²) in [6, 6.07) is 3.52. The van der Waals surface area contributed by atoms with Crippen molar-refractivity contribution in [2.45, 2.75) is 38.7 Å².